The van der Waals surface area contributed by atoms with Gasteiger partial charge in [0, 0.05) is 0 Å². The second-order valence-corrected chi connectivity index (χ2v) is 6.68. The van der Waals surface area contributed by atoms with Crippen molar-refractivity contribution in [3.05, 3.63) is 71.5 Å². The lowest BCUT2D eigenvalue weighted by atomic mass is 10.2. The second-order valence-electron chi connectivity index (χ2n) is 5.14. The lowest BCUT2D eigenvalue weighted by Crippen LogP contribution is -2.26. The van der Waals surface area contributed by atoms with Gasteiger partial charge in [-0.3, -0.25) is 0 Å². The van der Waals surface area contributed by atoms with Gasteiger partial charge in [-0.05, 0) is 29.3 Å². The molecular weight excluding hydrogens is 389 g/mol. The Bertz CT molecular complexity index is 919. The average molecular weight is 402 g/mol. The standard InChI is InChI=1S/C17H13F3O6S/c18-17(19,20)27(23,24)26-15(16(21)22)10-12-6-8-14(9-7-12)25-11-13-4-2-1-3-5-13/h1-10H,11H2,(H,21,22). The summed E-state index contributed by atoms with van der Waals surface area (Å²) in [6.07, 6.45) is 0.659. The van der Waals surface area contributed by atoms with Crippen molar-refractivity contribution >= 4 is 22.2 Å². The summed E-state index contributed by atoms with van der Waals surface area (Å²) in [6.45, 7) is 0.281. The number of benzene rings is 2. The highest BCUT2D eigenvalue weighted by atomic mass is 32.2. The number of aliphatic carboxylic acids is 1. The third-order valence-corrected chi connectivity index (χ3v) is 4.09. The van der Waals surface area contributed by atoms with Crippen LogP contribution in [0, 0.1) is 0 Å². The molecule has 0 heterocycles. The van der Waals surface area contributed by atoms with Gasteiger partial charge in [-0.2, -0.15) is 21.6 Å². The first-order valence-electron chi connectivity index (χ1n) is 7.31. The van der Waals surface area contributed by atoms with E-state index in [1.54, 1.807) is 0 Å². The third kappa shape index (κ3) is 5.74. The highest BCUT2D eigenvalue weighted by Gasteiger charge is 2.49. The van der Waals surface area contributed by atoms with E-state index in [0.29, 0.717) is 11.8 Å². The van der Waals surface area contributed by atoms with E-state index in [1.807, 2.05) is 30.3 Å². The van der Waals surface area contributed by atoms with E-state index in [9.17, 15) is 26.4 Å². The van der Waals surface area contributed by atoms with Crippen molar-refractivity contribution in [1.29, 1.82) is 0 Å². The van der Waals surface area contributed by atoms with Gasteiger partial charge in [-0.15, -0.1) is 0 Å². The van der Waals surface area contributed by atoms with Crippen molar-refractivity contribution in [2.75, 3.05) is 0 Å². The molecule has 2 aromatic rings. The van der Waals surface area contributed by atoms with Crippen LogP contribution in [0.2, 0.25) is 0 Å². The van der Waals surface area contributed by atoms with E-state index >= 15 is 0 Å². The van der Waals surface area contributed by atoms with Crippen LogP contribution in [-0.4, -0.2) is 25.0 Å². The van der Waals surface area contributed by atoms with E-state index in [2.05, 4.69) is 4.18 Å². The van der Waals surface area contributed by atoms with Crippen LogP contribution >= 0.6 is 0 Å². The number of hydrogen-bond acceptors (Lipinski definition) is 5. The molecule has 0 amide bonds. The van der Waals surface area contributed by atoms with E-state index in [-0.39, 0.29) is 12.2 Å². The molecule has 27 heavy (non-hydrogen) atoms. The summed E-state index contributed by atoms with van der Waals surface area (Å²) in [4.78, 5) is 11.0. The predicted octanol–water partition coefficient (Wildman–Crippen LogP) is 3.56. The van der Waals surface area contributed by atoms with Gasteiger partial charge in [-0.25, -0.2) is 4.79 Å². The quantitative estimate of drug-likeness (QED) is 0.330. The number of halogens is 3. The first kappa shape index (κ1) is 20.3. The lowest BCUT2D eigenvalue weighted by molar-refractivity contribution is -0.135. The van der Waals surface area contributed by atoms with Gasteiger partial charge in [0.05, 0.1) is 0 Å². The van der Waals surface area contributed by atoms with Crippen LogP contribution in [-0.2, 0) is 25.7 Å². The Morgan fingerprint density at radius 1 is 1.04 bits per heavy atom. The number of carbonyl (C=O) groups is 1. The van der Waals surface area contributed by atoms with Gasteiger partial charge in [0.1, 0.15) is 12.4 Å². The molecule has 0 radical (unpaired) electrons. The van der Waals surface area contributed by atoms with Crippen LogP contribution in [0.3, 0.4) is 0 Å². The van der Waals surface area contributed by atoms with Crippen LogP contribution in [0.1, 0.15) is 11.1 Å². The molecule has 0 aromatic heterocycles. The maximum Gasteiger partial charge on any atom is 0.534 e. The van der Waals surface area contributed by atoms with Gasteiger partial charge in [0.15, 0.2) is 0 Å². The number of carboxylic acid groups (broad SMARTS) is 1. The van der Waals surface area contributed by atoms with Crippen LogP contribution in [0.15, 0.2) is 60.4 Å². The monoisotopic (exact) mass is 402 g/mol. The average Bonchev–Trinajstić information content (AvgIpc) is 2.60. The topological polar surface area (TPSA) is 89.9 Å². The zero-order chi connectivity index (χ0) is 20.1. The first-order valence-corrected chi connectivity index (χ1v) is 8.72. The molecule has 0 saturated carbocycles. The Hall–Kier alpha value is -3.01. The summed E-state index contributed by atoms with van der Waals surface area (Å²) < 4.78 is 68.1. The van der Waals surface area contributed by atoms with Gasteiger partial charge >= 0.3 is 21.6 Å². The molecule has 0 spiro atoms. The Kier molecular flexibility index (Phi) is 6.11. The smallest absolute Gasteiger partial charge is 0.489 e. The summed E-state index contributed by atoms with van der Waals surface area (Å²) in [5.74, 6) is -2.92. The molecule has 2 rings (SSSR count). The minimum absolute atomic E-state index is 0.108. The van der Waals surface area contributed by atoms with Crippen molar-refractivity contribution < 1.29 is 40.4 Å². The third-order valence-electron chi connectivity index (χ3n) is 3.12. The van der Waals surface area contributed by atoms with E-state index in [4.69, 9.17) is 9.84 Å². The molecule has 0 aliphatic heterocycles. The zero-order valence-electron chi connectivity index (χ0n) is 13.5. The Labute approximate surface area is 152 Å². The van der Waals surface area contributed by atoms with E-state index < -0.39 is 27.4 Å². The largest absolute Gasteiger partial charge is 0.534 e. The van der Waals surface area contributed by atoms with E-state index in [0.717, 1.165) is 5.56 Å². The Balaban J connectivity index is 2.12. The van der Waals surface area contributed by atoms with Crippen molar-refractivity contribution in [3.8, 4) is 5.75 Å². The lowest BCUT2D eigenvalue weighted by Gasteiger charge is -2.10. The first-order chi connectivity index (χ1) is 12.6. The number of alkyl halides is 3. The van der Waals surface area contributed by atoms with Crippen molar-refractivity contribution in [2.45, 2.75) is 12.1 Å². The molecule has 1 N–H and O–H groups in total. The van der Waals surface area contributed by atoms with Crippen LogP contribution in [0.25, 0.3) is 6.08 Å². The Morgan fingerprint density at radius 2 is 1.63 bits per heavy atom. The molecule has 0 atom stereocenters. The fraction of sp³-hybridized carbons (Fsp3) is 0.118. The van der Waals surface area contributed by atoms with Crippen LogP contribution < -0.4 is 4.74 Å². The fourth-order valence-corrected chi connectivity index (χ4v) is 2.29. The summed E-state index contributed by atoms with van der Waals surface area (Å²) >= 11 is 0. The second kappa shape index (κ2) is 8.12. The minimum Gasteiger partial charge on any atom is -0.489 e. The molecule has 0 aliphatic carbocycles. The number of hydrogen-bond donors (Lipinski definition) is 1. The SMILES string of the molecule is O=C(O)C(=Cc1ccc(OCc2ccccc2)cc1)OS(=O)(=O)C(F)(F)F. The van der Waals surface area contributed by atoms with Crippen molar-refractivity contribution in [3.63, 3.8) is 0 Å². The van der Waals surface area contributed by atoms with Crippen molar-refractivity contribution in [1.82, 2.24) is 0 Å². The molecule has 0 aliphatic rings. The maximum atomic E-state index is 12.3. The van der Waals surface area contributed by atoms with Crippen LogP contribution in [0.5, 0.6) is 5.75 Å². The van der Waals surface area contributed by atoms with Crippen LogP contribution in [0.4, 0.5) is 13.2 Å². The summed E-state index contributed by atoms with van der Waals surface area (Å²) in [5, 5.41) is 8.88. The van der Waals surface area contributed by atoms with E-state index in [1.165, 1.54) is 24.3 Å². The summed E-state index contributed by atoms with van der Waals surface area (Å²) in [5.41, 5.74) is -4.71. The highest BCUT2D eigenvalue weighted by molar-refractivity contribution is 7.87. The molecule has 10 heteroatoms. The molecule has 144 valence electrons. The van der Waals surface area contributed by atoms with Crippen molar-refractivity contribution in [2.24, 2.45) is 0 Å². The number of ether oxygens (including phenoxy) is 1. The summed E-state index contributed by atoms with van der Waals surface area (Å²) in [7, 11) is -6.08. The van der Waals surface area contributed by atoms with Gasteiger partial charge < -0.3 is 14.0 Å². The normalized spacial score (nSPS) is 12.5. The predicted molar refractivity (Wildman–Crippen MR) is 88.9 cm³/mol. The Morgan fingerprint density at radius 3 is 2.15 bits per heavy atom. The molecular formula is C17H13F3O6S. The molecule has 2 aromatic carbocycles. The molecule has 0 saturated heterocycles. The molecule has 6 nitrogen and oxygen atoms in total. The number of rotatable bonds is 7. The maximum absolute atomic E-state index is 12.3. The number of carboxylic acids is 1. The van der Waals surface area contributed by atoms with Gasteiger partial charge in [0.2, 0.25) is 5.76 Å². The minimum atomic E-state index is -6.08. The van der Waals surface area contributed by atoms with Gasteiger partial charge in [-0.1, -0.05) is 42.5 Å². The highest BCUT2D eigenvalue weighted by Crippen LogP contribution is 2.27. The molecule has 0 fully saturated rings. The zero-order valence-corrected chi connectivity index (χ0v) is 14.3. The molecule has 0 unspecified atom stereocenters. The fourth-order valence-electron chi connectivity index (χ4n) is 1.84. The summed E-state index contributed by atoms with van der Waals surface area (Å²) in [6, 6.07) is 14.8. The van der Waals surface area contributed by atoms with Gasteiger partial charge in [0.25, 0.3) is 0 Å². The molecule has 0 bridgehead atoms.